The number of imidazole rings is 1. The highest BCUT2D eigenvalue weighted by atomic mass is 32.2. The fourth-order valence-electron chi connectivity index (χ4n) is 3.41. The molecule has 1 saturated carbocycles. The number of nitrogens with two attached hydrogens (primary N) is 1. The summed E-state index contributed by atoms with van der Waals surface area (Å²) in [5.74, 6) is 0. The van der Waals surface area contributed by atoms with Gasteiger partial charge in [0.1, 0.15) is 0 Å². The minimum absolute atomic E-state index is 0.0807. The molecule has 7 heteroatoms. The van der Waals surface area contributed by atoms with Gasteiger partial charge in [-0.05, 0) is 25.7 Å². The van der Waals surface area contributed by atoms with Crippen molar-refractivity contribution >= 4 is 10.0 Å². The lowest BCUT2D eigenvalue weighted by atomic mass is 9.83. The quantitative estimate of drug-likeness (QED) is 0.914. The number of rotatable bonds is 3. The van der Waals surface area contributed by atoms with Gasteiger partial charge in [0.25, 0.3) is 10.0 Å². The van der Waals surface area contributed by atoms with Crippen LogP contribution in [0.4, 0.5) is 0 Å². The molecule has 2 aliphatic rings. The Morgan fingerprint density at radius 3 is 2.75 bits per heavy atom. The number of aromatic nitrogens is 2. The summed E-state index contributed by atoms with van der Waals surface area (Å²) in [5, 5.41) is 4.97. The third-order valence-corrected chi connectivity index (χ3v) is 5.21. The van der Waals surface area contributed by atoms with Crippen LogP contribution in [0.25, 0.3) is 0 Å². The molecule has 1 saturated heterocycles. The largest absolute Gasteiger partial charge is 0.370 e. The summed E-state index contributed by atoms with van der Waals surface area (Å²) in [7, 11) is -3.72. The van der Waals surface area contributed by atoms with Gasteiger partial charge in [0.15, 0.2) is 5.03 Å². The van der Waals surface area contributed by atoms with Crippen molar-refractivity contribution in [3.63, 3.8) is 0 Å². The van der Waals surface area contributed by atoms with Crippen LogP contribution in [0.5, 0.6) is 0 Å². The minimum Gasteiger partial charge on any atom is -0.370 e. The predicted octanol–water partition coefficient (Wildman–Crippen LogP) is 1.41. The van der Waals surface area contributed by atoms with Gasteiger partial charge in [-0.25, -0.2) is 18.5 Å². The van der Waals surface area contributed by atoms with Crippen LogP contribution in [0.3, 0.4) is 0 Å². The SMILES string of the molecule is NS(=O)(=O)c1cn(CC2CCC3(CCCCC3)O2)cn1. The zero-order chi connectivity index (χ0) is 14.2. The Hall–Kier alpha value is -0.920. The van der Waals surface area contributed by atoms with E-state index in [0.29, 0.717) is 6.54 Å². The van der Waals surface area contributed by atoms with E-state index >= 15 is 0 Å². The maximum atomic E-state index is 11.2. The van der Waals surface area contributed by atoms with Gasteiger partial charge in [0.05, 0.1) is 18.0 Å². The molecule has 0 amide bonds. The first-order valence-corrected chi connectivity index (χ1v) is 8.74. The molecule has 6 nitrogen and oxygen atoms in total. The number of ether oxygens (including phenoxy) is 1. The number of sulfonamides is 1. The molecule has 1 unspecified atom stereocenters. The number of hydrogen-bond acceptors (Lipinski definition) is 4. The summed E-state index contributed by atoms with van der Waals surface area (Å²) in [4.78, 5) is 3.83. The van der Waals surface area contributed by atoms with E-state index in [1.807, 2.05) is 0 Å². The van der Waals surface area contributed by atoms with Gasteiger partial charge in [-0.15, -0.1) is 0 Å². The third kappa shape index (κ3) is 2.89. The monoisotopic (exact) mass is 299 g/mol. The molecule has 2 fully saturated rings. The van der Waals surface area contributed by atoms with Crippen molar-refractivity contribution in [3.8, 4) is 0 Å². The maximum Gasteiger partial charge on any atom is 0.257 e. The average Bonchev–Trinajstić information content (AvgIpc) is 2.99. The van der Waals surface area contributed by atoms with E-state index in [-0.39, 0.29) is 16.7 Å². The molecule has 1 aromatic heterocycles. The fourth-order valence-corrected chi connectivity index (χ4v) is 3.89. The standard InChI is InChI=1S/C13H21N3O3S/c14-20(17,18)12-9-16(10-15-12)8-11-4-7-13(19-11)5-2-1-3-6-13/h9-11H,1-8H2,(H2,14,17,18). The maximum absolute atomic E-state index is 11.2. The molecule has 0 aromatic carbocycles. The third-order valence-electron chi connectivity index (χ3n) is 4.42. The average molecular weight is 299 g/mol. The van der Waals surface area contributed by atoms with Crippen molar-refractivity contribution in [2.75, 3.05) is 0 Å². The molecule has 1 atom stereocenters. The first-order chi connectivity index (χ1) is 9.47. The van der Waals surface area contributed by atoms with Crippen LogP contribution in [0.2, 0.25) is 0 Å². The topological polar surface area (TPSA) is 87.2 Å². The molecule has 3 rings (SSSR count). The second-order valence-corrected chi connectivity index (χ2v) is 7.48. The van der Waals surface area contributed by atoms with Crippen molar-refractivity contribution in [1.29, 1.82) is 0 Å². The Kier molecular flexibility index (Phi) is 3.60. The van der Waals surface area contributed by atoms with E-state index in [4.69, 9.17) is 9.88 Å². The van der Waals surface area contributed by atoms with Gasteiger partial charge in [-0.1, -0.05) is 19.3 Å². The van der Waals surface area contributed by atoms with Crippen LogP contribution in [0, 0.1) is 0 Å². The summed E-state index contributed by atoms with van der Waals surface area (Å²) in [6.45, 7) is 0.643. The summed E-state index contributed by atoms with van der Waals surface area (Å²) in [6, 6.07) is 0. The molecule has 1 aliphatic heterocycles. The molecular weight excluding hydrogens is 278 g/mol. The molecule has 0 bridgehead atoms. The minimum atomic E-state index is -3.72. The molecule has 112 valence electrons. The van der Waals surface area contributed by atoms with E-state index in [2.05, 4.69) is 4.98 Å². The van der Waals surface area contributed by atoms with Gasteiger partial charge in [-0.2, -0.15) is 0 Å². The van der Waals surface area contributed by atoms with Crippen molar-refractivity contribution in [2.24, 2.45) is 5.14 Å². The molecule has 2 heterocycles. The first kappa shape index (κ1) is 14.0. The molecule has 0 radical (unpaired) electrons. The Morgan fingerprint density at radius 2 is 2.10 bits per heavy atom. The van der Waals surface area contributed by atoms with Crippen LogP contribution in [-0.2, 0) is 21.3 Å². The van der Waals surface area contributed by atoms with Crippen LogP contribution < -0.4 is 5.14 Å². The van der Waals surface area contributed by atoms with E-state index in [1.54, 1.807) is 4.57 Å². The Labute approximate surface area is 119 Å². The van der Waals surface area contributed by atoms with E-state index in [1.165, 1.54) is 31.8 Å². The van der Waals surface area contributed by atoms with Crippen LogP contribution in [-0.4, -0.2) is 29.7 Å². The van der Waals surface area contributed by atoms with E-state index in [0.717, 1.165) is 25.7 Å². The summed E-state index contributed by atoms with van der Waals surface area (Å²) >= 11 is 0. The lowest BCUT2D eigenvalue weighted by Gasteiger charge is -2.33. The van der Waals surface area contributed by atoms with Crippen molar-refractivity contribution in [2.45, 2.75) is 68.2 Å². The van der Waals surface area contributed by atoms with E-state index < -0.39 is 10.0 Å². The lowest BCUT2D eigenvalue weighted by molar-refractivity contribution is -0.0680. The van der Waals surface area contributed by atoms with Crippen LogP contribution in [0.15, 0.2) is 17.6 Å². The zero-order valence-corrected chi connectivity index (χ0v) is 12.3. The van der Waals surface area contributed by atoms with Gasteiger partial charge in [0, 0.05) is 12.7 Å². The molecular formula is C13H21N3O3S. The molecule has 1 aromatic rings. The zero-order valence-electron chi connectivity index (χ0n) is 11.5. The van der Waals surface area contributed by atoms with Crippen LogP contribution in [0.1, 0.15) is 44.9 Å². The van der Waals surface area contributed by atoms with Gasteiger partial charge < -0.3 is 9.30 Å². The highest BCUT2D eigenvalue weighted by molar-refractivity contribution is 7.89. The Bertz CT molecular complexity index is 575. The normalized spacial score (nSPS) is 26.1. The predicted molar refractivity (Wildman–Crippen MR) is 73.5 cm³/mol. The molecule has 1 spiro atoms. The second kappa shape index (κ2) is 5.13. The summed E-state index contributed by atoms with van der Waals surface area (Å²) < 4.78 is 30.4. The molecule has 1 aliphatic carbocycles. The van der Waals surface area contributed by atoms with Crippen molar-refractivity contribution in [3.05, 3.63) is 12.5 Å². The van der Waals surface area contributed by atoms with E-state index in [9.17, 15) is 8.42 Å². The smallest absolute Gasteiger partial charge is 0.257 e. The Morgan fingerprint density at radius 1 is 1.35 bits per heavy atom. The number of nitrogens with zero attached hydrogens (tertiary/aromatic N) is 2. The first-order valence-electron chi connectivity index (χ1n) is 7.19. The number of primary sulfonamides is 1. The Balaban J connectivity index is 1.63. The second-order valence-electron chi connectivity index (χ2n) is 5.98. The number of hydrogen-bond donors (Lipinski definition) is 1. The molecule has 20 heavy (non-hydrogen) atoms. The van der Waals surface area contributed by atoms with Crippen molar-refractivity contribution in [1.82, 2.24) is 9.55 Å². The fraction of sp³-hybridized carbons (Fsp3) is 0.769. The van der Waals surface area contributed by atoms with Gasteiger partial charge >= 0.3 is 0 Å². The molecule has 2 N–H and O–H groups in total. The van der Waals surface area contributed by atoms with Crippen LogP contribution >= 0.6 is 0 Å². The highest BCUT2D eigenvalue weighted by Gasteiger charge is 2.40. The lowest BCUT2D eigenvalue weighted by Crippen LogP contribution is -2.32. The highest BCUT2D eigenvalue weighted by Crippen LogP contribution is 2.42. The van der Waals surface area contributed by atoms with Gasteiger partial charge in [0.2, 0.25) is 0 Å². The van der Waals surface area contributed by atoms with Gasteiger partial charge in [-0.3, -0.25) is 0 Å². The van der Waals surface area contributed by atoms with Crippen molar-refractivity contribution < 1.29 is 13.2 Å². The summed E-state index contributed by atoms with van der Waals surface area (Å²) in [6.07, 6.45) is 11.4. The summed E-state index contributed by atoms with van der Waals surface area (Å²) in [5.41, 5.74) is 0.0896.